The van der Waals surface area contributed by atoms with Gasteiger partial charge in [0.15, 0.2) is 0 Å². The number of hydrogen-bond acceptors (Lipinski definition) is 11. The maximum absolute atomic E-state index is 12.9. The Labute approximate surface area is 322 Å². The lowest BCUT2D eigenvalue weighted by atomic mass is 10.0. The van der Waals surface area contributed by atoms with Gasteiger partial charge in [-0.05, 0) is 81.0 Å². The predicted molar refractivity (Wildman–Crippen MR) is 202 cm³/mol. The third kappa shape index (κ3) is 18.7. The number of methoxy groups -OCH3 is 1. The first-order chi connectivity index (χ1) is 25.6. The summed E-state index contributed by atoms with van der Waals surface area (Å²) in [5.41, 5.74) is 1.33. The number of nitrogens with one attached hydrogen (secondary N) is 4. The Morgan fingerprint density at radius 2 is 1.35 bits per heavy atom. The predicted octanol–water partition coefficient (Wildman–Crippen LogP) is 4.59. The number of carbonyl (C=O) groups is 5. The highest BCUT2D eigenvalue weighted by molar-refractivity contribution is 6.67. The van der Waals surface area contributed by atoms with Crippen molar-refractivity contribution in [1.29, 1.82) is 0 Å². The molecule has 0 bridgehead atoms. The SMILES string of the molecule is COCCOCCOCCOCC(Cc1ccccc1C(=O)Cl)NC(=O)OCc1ccc(NC(=O)[C@H](C)NC(=O)[C@@H](NC(=O)OC(C)(C)C)C(C)C)cc1. The average Bonchev–Trinajstić information content (AvgIpc) is 3.10. The van der Waals surface area contributed by atoms with E-state index in [0.717, 1.165) is 0 Å². The van der Waals surface area contributed by atoms with E-state index < -0.39 is 53.0 Å². The molecule has 0 fully saturated rings. The number of benzene rings is 2. The van der Waals surface area contributed by atoms with Gasteiger partial charge in [0.1, 0.15) is 24.3 Å². The van der Waals surface area contributed by atoms with E-state index in [1.807, 2.05) is 0 Å². The topological polar surface area (TPSA) is 189 Å². The molecule has 0 radical (unpaired) electrons. The molecule has 0 aliphatic heterocycles. The lowest BCUT2D eigenvalue weighted by Gasteiger charge is -2.26. The third-order valence-corrected chi connectivity index (χ3v) is 7.68. The quantitative estimate of drug-likeness (QED) is 0.0913. The van der Waals surface area contributed by atoms with Crippen LogP contribution in [0.25, 0.3) is 0 Å². The van der Waals surface area contributed by atoms with Crippen molar-refractivity contribution in [2.24, 2.45) is 5.92 Å². The van der Waals surface area contributed by atoms with Crippen molar-refractivity contribution < 1.29 is 52.4 Å². The molecule has 2 rings (SSSR count). The number of rotatable bonds is 23. The van der Waals surface area contributed by atoms with E-state index in [9.17, 15) is 24.0 Å². The molecular weight excluding hydrogens is 724 g/mol. The Bertz CT molecular complexity index is 1480. The Kier molecular flexibility index (Phi) is 20.6. The van der Waals surface area contributed by atoms with Crippen molar-refractivity contribution in [1.82, 2.24) is 16.0 Å². The maximum Gasteiger partial charge on any atom is 0.408 e. The number of alkyl carbamates (subject to hydrolysis) is 2. The molecular formula is C38H55ClN4O11. The Morgan fingerprint density at radius 3 is 1.94 bits per heavy atom. The van der Waals surface area contributed by atoms with Crippen LogP contribution >= 0.6 is 11.6 Å². The molecule has 4 amide bonds. The standard InChI is InChI=1S/C38H55ClN4O11/c1-25(2)32(43-37(48)54-38(4,5)6)35(46)40-26(3)34(45)41-29-14-12-27(13-15-29)23-53-36(47)42-30(22-28-10-8-9-11-31(28)33(39)44)24-52-21-20-51-19-18-50-17-16-49-7/h8-15,25-26,30,32H,16-24H2,1-7H3,(H,40,46)(H,41,45)(H,42,47)(H,43,48)/t26-,30?,32-/m0/s1. The van der Waals surface area contributed by atoms with Crippen LogP contribution in [0.1, 0.15) is 63.0 Å². The Morgan fingerprint density at radius 1 is 0.741 bits per heavy atom. The van der Waals surface area contributed by atoms with Crippen LogP contribution in [0, 0.1) is 5.92 Å². The van der Waals surface area contributed by atoms with Crippen LogP contribution in [0.4, 0.5) is 15.3 Å². The molecule has 54 heavy (non-hydrogen) atoms. The second-order valence-electron chi connectivity index (χ2n) is 13.6. The summed E-state index contributed by atoms with van der Waals surface area (Å²) < 4.78 is 32.3. The molecule has 1 unspecified atom stereocenters. The molecule has 15 nitrogen and oxygen atoms in total. The van der Waals surface area contributed by atoms with Gasteiger partial charge in [-0.3, -0.25) is 14.4 Å². The zero-order chi connectivity index (χ0) is 40.1. The van der Waals surface area contributed by atoms with Crippen LogP contribution in [0.3, 0.4) is 0 Å². The van der Waals surface area contributed by atoms with Gasteiger partial charge in [0, 0.05) is 18.4 Å². The largest absolute Gasteiger partial charge is 0.445 e. The highest BCUT2D eigenvalue weighted by Gasteiger charge is 2.29. The summed E-state index contributed by atoms with van der Waals surface area (Å²) in [6, 6.07) is 11.1. The van der Waals surface area contributed by atoms with E-state index in [1.165, 1.54) is 6.92 Å². The molecule has 0 saturated carbocycles. The van der Waals surface area contributed by atoms with Gasteiger partial charge < -0.3 is 49.7 Å². The van der Waals surface area contributed by atoms with Gasteiger partial charge in [-0.2, -0.15) is 0 Å². The van der Waals surface area contributed by atoms with Crippen LogP contribution in [0.2, 0.25) is 0 Å². The molecule has 2 aromatic carbocycles. The van der Waals surface area contributed by atoms with Crippen LogP contribution in [-0.4, -0.2) is 106 Å². The summed E-state index contributed by atoms with van der Waals surface area (Å²) in [7, 11) is 1.60. The van der Waals surface area contributed by atoms with Crippen molar-refractivity contribution in [3.05, 3.63) is 65.2 Å². The maximum atomic E-state index is 12.9. The van der Waals surface area contributed by atoms with Gasteiger partial charge >= 0.3 is 12.2 Å². The first kappa shape index (κ1) is 45.9. The van der Waals surface area contributed by atoms with Crippen LogP contribution < -0.4 is 21.3 Å². The van der Waals surface area contributed by atoms with Gasteiger partial charge in [-0.1, -0.05) is 44.2 Å². The summed E-state index contributed by atoms with van der Waals surface area (Å²) in [6.45, 7) is 12.6. The van der Waals surface area contributed by atoms with Crippen LogP contribution in [0.15, 0.2) is 48.5 Å². The fraction of sp³-hybridized carbons (Fsp3) is 0.553. The number of halogens is 1. The molecule has 0 heterocycles. The molecule has 0 aromatic heterocycles. The van der Waals surface area contributed by atoms with Crippen molar-refractivity contribution >= 4 is 46.5 Å². The second kappa shape index (κ2) is 24.2. The molecule has 2 aromatic rings. The van der Waals surface area contributed by atoms with Gasteiger partial charge in [-0.15, -0.1) is 0 Å². The first-order valence-corrected chi connectivity index (χ1v) is 18.1. The second-order valence-corrected chi connectivity index (χ2v) is 14.0. The molecule has 0 saturated heterocycles. The lowest BCUT2D eigenvalue weighted by molar-refractivity contribution is -0.128. The van der Waals surface area contributed by atoms with Crippen molar-refractivity contribution in [2.75, 3.05) is 58.7 Å². The number of anilines is 1. The van der Waals surface area contributed by atoms with E-state index in [1.54, 1.807) is 90.3 Å². The third-order valence-electron chi connectivity index (χ3n) is 7.48. The molecule has 0 aliphatic carbocycles. The summed E-state index contributed by atoms with van der Waals surface area (Å²) in [6.07, 6.45) is -1.18. The molecule has 16 heteroatoms. The minimum atomic E-state index is -0.921. The van der Waals surface area contributed by atoms with Crippen LogP contribution in [-0.2, 0) is 51.0 Å². The summed E-state index contributed by atoms with van der Waals surface area (Å²) in [5.74, 6) is -1.27. The zero-order valence-corrected chi connectivity index (χ0v) is 32.9. The summed E-state index contributed by atoms with van der Waals surface area (Å²) >= 11 is 5.78. The smallest absolute Gasteiger partial charge is 0.408 e. The number of carbonyl (C=O) groups excluding carboxylic acids is 5. The highest BCUT2D eigenvalue weighted by atomic mass is 35.5. The van der Waals surface area contributed by atoms with E-state index >= 15 is 0 Å². The molecule has 300 valence electrons. The molecule has 3 atom stereocenters. The number of amides is 4. The van der Waals surface area contributed by atoms with E-state index in [2.05, 4.69) is 21.3 Å². The minimum Gasteiger partial charge on any atom is -0.445 e. The highest BCUT2D eigenvalue weighted by Crippen LogP contribution is 2.16. The average molecular weight is 779 g/mol. The summed E-state index contributed by atoms with van der Waals surface area (Å²) in [5, 5.41) is 10.1. The van der Waals surface area contributed by atoms with Gasteiger partial charge in [0.05, 0.1) is 52.3 Å². The molecule has 0 aliphatic rings. The zero-order valence-electron chi connectivity index (χ0n) is 32.2. The normalized spacial score (nSPS) is 13.0. The van der Waals surface area contributed by atoms with Crippen LogP contribution in [0.5, 0.6) is 0 Å². The van der Waals surface area contributed by atoms with Gasteiger partial charge in [0.2, 0.25) is 11.8 Å². The molecule has 4 N–H and O–H groups in total. The van der Waals surface area contributed by atoms with E-state index in [-0.39, 0.29) is 32.2 Å². The monoisotopic (exact) mass is 778 g/mol. The lowest BCUT2D eigenvalue weighted by Crippen LogP contribution is -2.54. The Balaban J connectivity index is 1.89. The van der Waals surface area contributed by atoms with Crippen molar-refractivity contribution in [3.8, 4) is 0 Å². The molecule has 0 spiro atoms. The van der Waals surface area contributed by atoms with Gasteiger partial charge in [0.25, 0.3) is 5.24 Å². The summed E-state index contributed by atoms with van der Waals surface area (Å²) in [4.78, 5) is 62.8. The van der Waals surface area contributed by atoms with E-state index in [0.29, 0.717) is 55.4 Å². The van der Waals surface area contributed by atoms with Crippen molar-refractivity contribution in [2.45, 2.75) is 78.3 Å². The first-order valence-electron chi connectivity index (χ1n) is 17.7. The minimum absolute atomic E-state index is 0.0711. The fourth-order valence-corrected chi connectivity index (χ4v) is 4.93. The number of hydrogen-bond donors (Lipinski definition) is 4. The van der Waals surface area contributed by atoms with Crippen molar-refractivity contribution in [3.63, 3.8) is 0 Å². The fourth-order valence-electron chi connectivity index (χ4n) is 4.75. The van der Waals surface area contributed by atoms with E-state index in [4.69, 9.17) is 40.0 Å². The van der Waals surface area contributed by atoms with Gasteiger partial charge in [-0.25, -0.2) is 9.59 Å². The Hall–Kier alpha value is -4.28. The number of ether oxygens (including phenoxy) is 6.